The van der Waals surface area contributed by atoms with Crippen LogP contribution >= 0.6 is 0 Å². The number of aryl methyl sites for hydroxylation is 3. The first-order valence-corrected chi connectivity index (χ1v) is 13.5. The number of fused-ring (bicyclic) bond motifs is 1. The molecule has 3 amide bonds. The molecule has 1 aliphatic rings. The van der Waals surface area contributed by atoms with Crippen LogP contribution in [0.15, 0.2) is 64.8 Å². The van der Waals surface area contributed by atoms with Crippen LogP contribution in [0.1, 0.15) is 37.0 Å². The molecule has 0 fully saturated rings. The normalized spacial score (nSPS) is 14.1. The molecule has 0 saturated heterocycles. The van der Waals surface area contributed by atoms with E-state index in [1.165, 1.54) is 11.1 Å². The molecule has 218 valence electrons. The number of aliphatic imine (C=N–C) groups is 1. The summed E-state index contributed by atoms with van der Waals surface area (Å²) in [6, 6.07) is 11.2. The van der Waals surface area contributed by atoms with Gasteiger partial charge in [-0.15, -0.1) is 0 Å². The van der Waals surface area contributed by atoms with E-state index in [1.54, 1.807) is 25.1 Å². The highest BCUT2D eigenvalue weighted by atomic mass is 16.5. The Hall–Kier alpha value is -4.40. The van der Waals surface area contributed by atoms with Gasteiger partial charge in [0.2, 0.25) is 0 Å². The zero-order valence-corrected chi connectivity index (χ0v) is 25.0. The summed E-state index contributed by atoms with van der Waals surface area (Å²) in [7, 11) is 3.28. The van der Waals surface area contributed by atoms with Crippen molar-refractivity contribution in [3.8, 4) is 11.5 Å². The summed E-state index contributed by atoms with van der Waals surface area (Å²) in [5.74, 6) is 0.211. The lowest BCUT2D eigenvalue weighted by Gasteiger charge is -2.35. The van der Waals surface area contributed by atoms with Crippen molar-refractivity contribution >= 4 is 29.6 Å². The van der Waals surface area contributed by atoms with Crippen LogP contribution in [0.5, 0.6) is 11.5 Å². The molecule has 0 bridgehead atoms. The van der Waals surface area contributed by atoms with Crippen LogP contribution < -0.4 is 19.7 Å². The second-order valence-corrected chi connectivity index (χ2v) is 10.5. The fourth-order valence-corrected chi connectivity index (χ4v) is 4.20. The molecule has 2 aromatic rings. The predicted octanol–water partition coefficient (Wildman–Crippen LogP) is 4.30. The first-order chi connectivity index (χ1) is 19.4. The van der Waals surface area contributed by atoms with E-state index in [0.29, 0.717) is 41.4 Å². The molecule has 0 aliphatic carbocycles. The number of ether oxygens (including phenoxy) is 2. The summed E-state index contributed by atoms with van der Waals surface area (Å²) in [5, 5.41) is 2.79. The summed E-state index contributed by atoms with van der Waals surface area (Å²) in [5.41, 5.74) is 5.52. The van der Waals surface area contributed by atoms with Crippen molar-refractivity contribution in [1.82, 2.24) is 10.2 Å². The Kier molecular flexibility index (Phi) is 10.5. The number of amides is 3. The van der Waals surface area contributed by atoms with Gasteiger partial charge in [-0.1, -0.05) is 24.3 Å². The Labute approximate surface area is 242 Å². The zero-order chi connectivity index (χ0) is 30.3. The summed E-state index contributed by atoms with van der Waals surface area (Å²) in [6.07, 6.45) is 0.926. The average molecular weight is 561 g/mol. The molecule has 41 heavy (non-hydrogen) atoms. The molecule has 0 saturated carbocycles. The van der Waals surface area contributed by atoms with Crippen molar-refractivity contribution in [2.45, 2.75) is 47.1 Å². The molecule has 1 N–H and O–H groups in total. The van der Waals surface area contributed by atoms with Crippen molar-refractivity contribution in [1.29, 1.82) is 0 Å². The average Bonchev–Trinajstić information content (AvgIpc) is 2.93. The molecule has 1 heterocycles. The third kappa shape index (κ3) is 8.06. The number of likely N-dealkylation sites (N-methyl/N-ethyl adjacent to an activating group) is 1. The molecule has 1 unspecified atom stereocenters. The predicted molar refractivity (Wildman–Crippen MR) is 162 cm³/mol. The Bertz CT molecular complexity index is 1390. The SMILES string of the molecule is C=C(CCN(C)C(=O)COc1ccc(C)c(C)c1)NC(=O)C1CN(C(=O)C(C=NC)=C(C)C)c2cc(C)ccc2O1. The quantitative estimate of drug-likeness (QED) is 0.345. The Morgan fingerprint density at radius 3 is 2.54 bits per heavy atom. The summed E-state index contributed by atoms with van der Waals surface area (Å²) in [6.45, 7) is 13.9. The lowest BCUT2D eigenvalue weighted by atomic mass is 10.1. The van der Waals surface area contributed by atoms with Gasteiger partial charge in [0, 0.05) is 39.0 Å². The monoisotopic (exact) mass is 560 g/mol. The number of hydrogen-bond donors (Lipinski definition) is 1. The van der Waals surface area contributed by atoms with Gasteiger partial charge in [0.25, 0.3) is 17.7 Å². The molecular formula is C32H40N4O5. The van der Waals surface area contributed by atoms with Crippen LogP contribution in [0.4, 0.5) is 5.69 Å². The van der Waals surface area contributed by atoms with Crippen LogP contribution in [0.3, 0.4) is 0 Å². The van der Waals surface area contributed by atoms with E-state index in [4.69, 9.17) is 9.47 Å². The van der Waals surface area contributed by atoms with E-state index >= 15 is 0 Å². The molecule has 1 aliphatic heterocycles. The smallest absolute Gasteiger partial charge is 0.267 e. The standard InChI is InChI=1S/C32H40N4O5/c1-20(2)26(17-33-7)32(39)36-18-29(41-28-12-9-21(3)15-27(28)36)31(38)34-24(6)13-14-35(8)30(37)19-40-25-11-10-22(4)23(5)16-25/h9-12,15-17,29H,6,13-14,18-19H2,1-5,7-8H3,(H,34,38). The zero-order valence-electron chi connectivity index (χ0n) is 25.0. The number of benzene rings is 2. The van der Waals surface area contributed by atoms with Crippen LogP contribution in [0.2, 0.25) is 0 Å². The fraction of sp³-hybridized carbons (Fsp3) is 0.375. The molecule has 0 spiro atoms. The fourth-order valence-electron chi connectivity index (χ4n) is 4.20. The van der Waals surface area contributed by atoms with E-state index in [-0.39, 0.29) is 25.0 Å². The van der Waals surface area contributed by atoms with Crippen molar-refractivity contribution in [2.75, 3.05) is 38.7 Å². The summed E-state index contributed by atoms with van der Waals surface area (Å²) in [4.78, 5) is 46.4. The molecule has 2 aromatic carbocycles. The number of nitrogens with zero attached hydrogens (tertiary/aromatic N) is 3. The number of anilines is 1. The van der Waals surface area contributed by atoms with Gasteiger partial charge in [0.15, 0.2) is 12.7 Å². The van der Waals surface area contributed by atoms with Gasteiger partial charge >= 0.3 is 0 Å². The van der Waals surface area contributed by atoms with E-state index in [1.807, 2.05) is 65.0 Å². The topological polar surface area (TPSA) is 101 Å². The highest BCUT2D eigenvalue weighted by molar-refractivity contribution is 6.20. The maximum absolute atomic E-state index is 13.5. The van der Waals surface area contributed by atoms with Crippen molar-refractivity contribution in [2.24, 2.45) is 4.99 Å². The molecule has 9 nitrogen and oxygen atoms in total. The highest BCUT2D eigenvalue weighted by Gasteiger charge is 2.35. The lowest BCUT2D eigenvalue weighted by molar-refractivity contribution is -0.132. The lowest BCUT2D eigenvalue weighted by Crippen LogP contribution is -2.51. The van der Waals surface area contributed by atoms with Gasteiger partial charge in [-0.3, -0.25) is 19.4 Å². The van der Waals surface area contributed by atoms with E-state index in [2.05, 4.69) is 16.9 Å². The molecule has 1 atom stereocenters. The van der Waals surface area contributed by atoms with Crippen molar-refractivity contribution < 1.29 is 23.9 Å². The summed E-state index contributed by atoms with van der Waals surface area (Å²) >= 11 is 0. The van der Waals surface area contributed by atoms with E-state index < -0.39 is 12.0 Å². The third-order valence-corrected chi connectivity index (χ3v) is 6.90. The molecule has 3 rings (SSSR count). The Morgan fingerprint density at radius 2 is 1.88 bits per heavy atom. The van der Waals surface area contributed by atoms with Gasteiger partial charge < -0.3 is 24.6 Å². The van der Waals surface area contributed by atoms with Gasteiger partial charge in [0.1, 0.15) is 11.5 Å². The van der Waals surface area contributed by atoms with Gasteiger partial charge in [-0.2, -0.15) is 0 Å². The van der Waals surface area contributed by atoms with Crippen LogP contribution in [0.25, 0.3) is 0 Å². The molecule has 9 heteroatoms. The van der Waals surface area contributed by atoms with Crippen LogP contribution in [-0.2, 0) is 14.4 Å². The minimum atomic E-state index is -0.950. The maximum Gasteiger partial charge on any atom is 0.267 e. The van der Waals surface area contributed by atoms with E-state index in [0.717, 1.165) is 22.3 Å². The highest BCUT2D eigenvalue weighted by Crippen LogP contribution is 2.35. The minimum Gasteiger partial charge on any atom is -0.484 e. The second-order valence-electron chi connectivity index (χ2n) is 10.5. The number of carbonyl (C=O) groups is 3. The van der Waals surface area contributed by atoms with Crippen LogP contribution in [-0.4, -0.2) is 68.7 Å². The number of hydrogen-bond acceptors (Lipinski definition) is 6. The maximum atomic E-state index is 13.5. The van der Waals surface area contributed by atoms with Crippen molar-refractivity contribution in [3.63, 3.8) is 0 Å². The number of carbonyl (C=O) groups excluding carboxylic acids is 3. The third-order valence-electron chi connectivity index (χ3n) is 6.90. The number of rotatable bonds is 10. The number of allylic oxidation sites excluding steroid dienone is 1. The largest absolute Gasteiger partial charge is 0.484 e. The first-order valence-electron chi connectivity index (χ1n) is 13.5. The Morgan fingerprint density at radius 1 is 1.15 bits per heavy atom. The van der Waals surface area contributed by atoms with Gasteiger partial charge in [-0.25, -0.2) is 0 Å². The molecule has 0 aromatic heterocycles. The molecule has 0 radical (unpaired) electrons. The minimum absolute atomic E-state index is 0.0247. The van der Waals surface area contributed by atoms with E-state index in [9.17, 15) is 14.4 Å². The molecular weight excluding hydrogens is 520 g/mol. The Balaban J connectivity index is 1.60. The second kappa shape index (κ2) is 13.8. The number of nitrogens with one attached hydrogen (secondary N) is 1. The first kappa shape index (κ1) is 31.1. The van der Waals surface area contributed by atoms with Gasteiger partial charge in [0.05, 0.1) is 17.8 Å². The van der Waals surface area contributed by atoms with Crippen LogP contribution in [0, 0.1) is 20.8 Å². The van der Waals surface area contributed by atoms with Gasteiger partial charge in [-0.05, 0) is 75.6 Å². The summed E-state index contributed by atoms with van der Waals surface area (Å²) < 4.78 is 11.7. The van der Waals surface area contributed by atoms with Crippen molar-refractivity contribution in [3.05, 3.63) is 76.5 Å².